The van der Waals surface area contributed by atoms with Gasteiger partial charge in [0.2, 0.25) is 0 Å². The molecule has 1 aromatic carbocycles. The molecule has 1 aliphatic rings. The standard InChI is InChI=1S/C13H19ClN2/c1-9-5-11(9)8-16(2)13-4-3-10(7-15)6-12(13)14/h3-4,6,9,11H,5,7-8,15H2,1-2H3. The van der Waals surface area contributed by atoms with Crippen LogP contribution in [0, 0.1) is 11.8 Å². The molecule has 2 unspecified atom stereocenters. The zero-order valence-corrected chi connectivity index (χ0v) is 10.7. The number of hydrogen-bond donors (Lipinski definition) is 1. The molecule has 0 radical (unpaired) electrons. The summed E-state index contributed by atoms with van der Waals surface area (Å²) in [5, 5.41) is 0.804. The maximum absolute atomic E-state index is 6.25. The smallest absolute Gasteiger partial charge is 0.0642 e. The fraction of sp³-hybridized carbons (Fsp3) is 0.538. The van der Waals surface area contributed by atoms with Gasteiger partial charge < -0.3 is 10.6 Å². The molecule has 1 aromatic rings. The number of benzene rings is 1. The molecule has 0 bridgehead atoms. The minimum atomic E-state index is 0.545. The Labute approximate surface area is 102 Å². The van der Waals surface area contributed by atoms with Crippen molar-refractivity contribution >= 4 is 17.3 Å². The van der Waals surface area contributed by atoms with Crippen molar-refractivity contribution in [2.45, 2.75) is 19.9 Å². The predicted octanol–water partition coefficient (Wildman–Crippen LogP) is 2.89. The summed E-state index contributed by atoms with van der Waals surface area (Å²) in [7, 11) is 2.11. The highest BCUT2D eigenvalue weighted by Crippen LogP contribution is 2.39. The Hall–Kier alpha value is -0.730. The molecule has 2 N–H and O–H groups in total. The van der Waals surface area contributed by atoms with Gasteiger partial charge in [-0.25, -0.2) is 0 Å². The molecule has 0 aliphatic heterocycles. The molecule has 16 heavy (non-hydrogen) atoms. The van der Waals surface area contributed by atoms with Gasteiger partial charge in [-0.05, 0) is 36.0 Å². The molecule has 0 saturated heterocycles. The van der Waals surface area contributed by atoms with Crippen LogP contribution >= 0.6 is 11.6 Å². The number of hydrogen-bond acceptors (Lipinski definition) is 2. The summed E-state index contributed by atoms with van der Waals surface area (Å²) in [6.45, 7) is 3.95. The zero-order valence-electron chi connectivity index (χ0n) is 9.91. The average molecular weight is 239 g/mol. The summed E-state index contributed by atoms with van der Waals surface area (Å²) < 4.78 is 0. The number of halogens is 1. The minimum absolute atomic E-state index is 0.545. The first-order valence-electron chi connectivity index (χ1n) is 5.81. The van der Waals surface area contributed by atoms with E-state index in [4.69, 9.17) is 17.3 Å². The van der Waals surface area contributed by atoms with Crippen molar-refractivity contribution < 1.29 is 0 Å². The van der Waals surface area contributed by atoms with E-state index >= 15 is 0 Å². The van der Waals surface area contributed by atoms with Crippen LogP contribution in [0.15, 0.2) is 18.2 Å². The lowest BCUT2D eigenvalue weighted by Crippen LogP contribution is -2.20. The van der Waals surface area contributed by atoms with Crippen LogP contribution in [0.2, 0.25) is 5.02 Å². The Kier molecular flexibility index (Phi) is 3.41. The number of rotatable bonds is 4. The summed E-state index contributed by atoms with van der Waals surface area (Å²) in [6, 6.07) is 6.08. The van der Waals surface area contributed by atoms with Crippen molar-refractivity contribution in [3.8, 4) is 0 Å². The second kappa shape index (κ2) is 4.64. The van der Waals surface area contributed by atoms with Gasteiger partial charge in [0.15, 0.2) is 0 Å². The third kappa shape index (κ3) is 2.50. The van der Waals surface area contributed by atoms with E-state index in [2.05, 4.69) is 24.9 Å². The molecule has 0 spiro atoms. The van der Waals surface area contributed by atoms with Crippen LogP contribution in [0.5, 0.6) is 0 Å². The summed E-state index contributed by atoms with van der Waals surface area (Å²) in [5.74, 6) is 1.72. The van der Waals surface area contributed by atoms with E-state index in [-0.39, 0.29) is 0 Å². The minimum Gasteiger partial charge on any atom is -0.373 e. The lowest BCUT2D eigenvalue weighted by atomic mass is 10.2. The van der Waals surface area contributed by atoms with E-state index in [1.54, 1.807) is 0 Å². The van der Waals surface area contributed by atoms with Gasteiger partial charge in [-0.3, -0.25) is 0 Å². The van der Waals surface area contributed by atoms with E-state index in [0.29, 0.717) is 6.54 Å². The summed E-state index contributed by atoms with van der Waals surface area (Å²) in [5.41, 5.74) is 7.78. The Bertz CT molecular complexity index is 378. The van der Waals surface area contributed by atoms with Gasteiger partial charge in [-0.2, -0.15) is 0 Å². The van der Waals surface area contributed by atoms with E-state index in [0.717, 1.165) is 34.7 Å². The summed E-state index contributed by atoms with van der Waals surface area (Å²) in [6.07, 6.45) is 1.35. The summed E-state index contributed by atoms with van der Waals surface area (Å²) >= 11 is 6.25. The van der Waals surface area contributed by atoms with Crippen molar-refractivity contribution in [2.75, 3.05) is 18.5 Å². The van der Waals surface area contributed by atoms with Crippen LogP contribution in [0.4, 0.5) is 5.69 Å². The van der Waals surface area contributed by atoms with Gasteiger partial charge in [0.1, 0.15) is 0 Å². The van der Waals surface area contributed by atoms with Crippen molar-refractivity contribution in [1.82, 2.24) is 0 Å². The van der Waals surface area contributed by atoms with Crippen LogP contribution in [0.1, 0.15) is 18.9 Å². The number of nitrogens with zero attached hydrogens (tertiary/aromatic N) is 1. The fourth-order valence-electron chi connectivity index (χ4n) is 2.09. The first-order chi connectivity index (χ1) is 7.61. The Morgan fingerprint density at radius 3 is 2.69 bits per heavy atom. The van der Waals surface area contributed by atoms with Gasteiger partial charge in [-0.1, -0.05) is 24.6 Å². The number of nitrogens with two attached hydrogens (primary N) is 1. The third-order valence-electron chi connectivity index (χ3n) is 3.44. The van der Waals surface area contributed by atoms with Gasteiger partial charge in [-0.15, -0.1) is 0 Å². The molecule has 1 saturated carbocycles. The second-order valence-electron chi connectivity index (χ2n) is 4.84. The monoisotopic (exact) mass is 238 g/mol. The first kappa shape index (κ1) is 11.7. The van der Waals surface area contributed by atoms with E-state index < -0.39 is 0 Å². The van der Waals surface area contributed by atoms with Gasteiger partial charge in [0, 0.05) is 20.1 Å². The van der Waals surface area contributed by atoms with Crippen LogP contribution in [0.25, 0.3) is 0 Å². The molecule has 1 aliphatic carbocycles. The average Bonchev–Trinajstić information content (AvgIpc) is 2.93. The van der Waals surface area contributed by atoms with Crippen LogP contribution in [0.3, 0.4) is 0 Å². The maximum Gasteiger partial charge on any atom is 0.0642 e. The highest BCUT2D eigenvalue weighted by molar-refractivity contribution is 6.33. The second-order valence-corrected chi connectivity index (χ2v) is 5.25. The molecular weight excluding hydrogens is 220 g/mol. The molecule has 88 valence electrons. The lowest BCUT2D eigenvalue weighted by molar-refractivity contribution is 0.725. The summed E-state index contributed by atoms with van der Waals surface area (Å²) in [4.78, 5) is 2.25. The number of anilines is 1. The van der Waals surface area contributed by atoms with Crippen molar-refractivity contribution in [1.29, 1.82) is 0 Å². The van der Waals surface area contributed by atoms with Crippen molar-refractivity contribution in [2.24, 2.45) is 17.6 Å². The topological polar surface area (TPSA) is 29.3 Å². The largest absolute Gasteiger partial charge is 0.373 e. The van der Waals surface area contributed by atoms with Crippen molar-refractivity contribution in [3.63, 3.8) is 0 Å². The molecule has 1 fully saturated rings. The molecule has 2 nitrogen and oxygen atoms in total. The highest BCUT2D eigenvalue weighted by Gasteiger charge is 2.33. The van der Waals surface area contributed by atoms with Crippen molar-refractivity contribution in [3.05, 3.63) is 28.8 Å². The Morgan fingerprint density at radius 2 is 2.19 bits per heavy atom. The van der Waals surface area contributed by atoms with Gasteiger partial charge in [0.05, 0.1) is 10.7 Å². The Morgan fingerprint density at radius 1 is 1.50 bits per heavy atom. The van der Waals surface area contributed by atoms with Crippen LogP contribution < -0.4 is 10.6 Å². The quantitative estimate of drug-likeness (QED) is 0.874. The van der Waals surface area contributed by atoms with Crippen LogP contribution in [-0.4, -0.2) is 13.6 Å². The molecule has 0 amide bonds. The zero-order chi connectivity index (χ0) is 11.7. The molecule has 3 heteroatoms. The van der Waals surface area contributed by atoms with E-state index in [1.807, 2.05) is 12.1 Å². The SMILES string of the molecule is CC1CC1CN(C)c1ccc(CN)cc1Cl. The van der Waals surface area contributed by atoms with E-state index in [1.165, 1.54) is 6.42 Å². The van der Waals surface area contributed by atoms with E-state index in [9.17, 15) is 0 Å². The fourth-order valence-corrected chi connectivity index (χ4v) is 2.44. The predicted molar refractivity (Wildman–Crippen MR) is 69.9 cm³/mol. The highest BCUT2D eigenvalue weighted by atomic mass is 35.5. The maximum atomic E-state index is 6.25. The van der Waals surface area contributed by atoms with Gasteiger partial charge >= 0.3 is 0 Å². The normalized spacial score (nSPS) is 23.2. The Balaban J connectivity index is 2.07. The third-order valence-corrected chi connectivity index (χ3v) is 3.75. The molecule has 2 atom stereocenters. The first-order valence-corrected chi connectivity index (χ1v) is 6.19. The van der Waals surface area contributed by atoms with Crippen LogP contribution in [-0.2, 0) is 6.54 Å². The van der Waals surface area contributed by atoms with Gasteiger partial charge in [0.25, 0.3) is 0 Å². The molecule has 0 aromatic heterocycles. The molecular formula is C13H19ClN2. The molecule has 0 heterocycles. The lowest BCUT2D eigenvalue weighted by Gasteiger charge is -2.21. The molecule has 2 rings (SSSR count).